The predicted molar refractivity (Wildman–Crippen MR) is 121 cm³/mol. The Bertz CT molecular complexity index is 1070. The second-order valence-electron chi connectivity index (χ2n) is 6.63. The van der Waals surface area contributed by atoms with Crippen molar-refractivity contribution in [3.05, 3.63) is 60.3 Å². The van der Waals surface area contributed by atoms with E-state index in [1.54, 1.807) is 14.0 Å². The number of aromatic nitrogens is 1. The molecule has 3 aromatic rings. The number of H-pyrrole nitrogens is 1. The summed E-state index contributed by atoms with van der Waals surface area (Å²) in [5.74, 6) is 0.406. The van der Waals surface area contributed by atoms with Crippen LogP contribution in [0.4, 0.5) is 5.69 Å². The van der Waals surface area contributed by atoms with E-state index in [4.69, 9.17) is 17.0 Å². The first-order valence-corrected chi connectivity index (χ1v) is 9.94. The van der Waals surface area contributed by atoms with Gasteiger partial charge >= 0.3 is 0 Å². The number of fused-ring (bicyclic) bond motifs is 1. The van der Waals surface area contributed by atoms with Crippen molar-refractivity contribution in [2.24, 2.45) is 0 Å². The number of thiocarbonyl (C=S) groups is 1. The summed E-state index contributed by atoms with van der Waals surface area (Å²) in [4.78, 5) is 17.3. The van der Waals surface area contributed by atoms with Crippen molar-refractivity contribution in [1.82, 2.24) is 15.2 Å². The SMILES string of the molecule is CCN(C#N)C(=O)C(Cc1c[nH]c2ccccc12)NC(=S)Nc1ccc(OC)cc1. The normalized spacial score (nSPS) is 11.4. The molecule has 0 radical (unpaired) electrons. The number of nitriles is 1. The Labute approximate surface area is 180 Å². The van der Waals surface area contributed by atoms with E-state index in [1.165, 1.54) is 0 Å². The number of carbonyl (C=O) groups excluding carboxylic acids is 1. The van der Waals surface area contributed by atoms with Crippen molar-refractivity contribution in [3.63, 3.8) is 0 Å². The van der Waals surface area contributed by atoms with Crippen LogP contribution < -0.4 is 15.4 Å². The van der Waals surface area contributed by atoms with Crippen LogP contribution in [0, 0.1) is 11.5 Å². The number of para-hydroxylation sites is 1. The van der Waals surface area contributed by atoms with Gasteiger partial charge in [0.05, 0.1) is 7.11 Å². The molecular weight excluding hydrogens is 398 g/mol. The maximum absolute atomic E-state index is 13.0. The third-order valence-corrected chi connectivity index (χ3v) is 4.97. The van der Waals surface area contributed by atoms with Gasteiger partial charge in [-0.1, -0.05) is 18.2 Å². The Morgan fingerprint density at radius 1 is 1.27 bits per heavy atom. The van der Waals surface area contributed by atoms with E-state index in [-0.39, 0.29) is 5.91 Å². The van der Waals surface area contributed by atoms with E-state index in [0.717, 1.165) is 32.8 Å². The van der Waals surface area contributed by atoms with Crippen LogP contribution in [0.25, 0.3) is 10.9 Å². The van der Waals surface area contributed by atoms with Gasteiger partial charge in [-0.2, -0.15) is 5.26 Å². The Morgan fingerprint density at radius 2 is 2.00 bits per heavy atom. The molecular formula is C22H23N5O2S. The number of rotatable bonds is 7. The highest BCUT2D eigenvalue weighted by Crippen LogP contribution is 2.20. The number of likely N-dealkylation sites (N-methyl/N-ethyl adjacent to an activating group) is 1. The van der Waals surface area contributed by atoms with Crippen LogP contribution in [0.3, 0.4) is 0 Å². The van der Waals surface area contributed by atoms with Gasteiger partial charge in [-0.25, -0.2) is 4.90 Å². The highest BCUT2D eigenvalue weighted by atomic mass is 32.1. The molecule has 0 bridgehead atoms. The largest absolute Gasteiger partial charge is 0.497 e. The summed E-state index contributed by atoms with van der Waals surface area (Å²) in [6, 6.07) is 14.5. The second-order valence-corrected chi connectivity index (χ2v) is 7.03. The zero-order valence-corrected chi connectivity index (χ0v) is 17.6. The summed E-state index contributed by atoms with van der Waals surface area (Å²) in [6.45, 7) is 2.05. The van der Waals surface area contributed by atoms with Gasteiger partial charge in [0.15, 0.2) is 11.3 Å². The average molecular weight is 422 g/mol. The first kappa shape index (κ1) is 21.1. The number of carbonyl (C=O) groups is 1. The van der Waals surface area contributed by atoms with Gasteiger partial charge in [0.1, 0.15) is 11.8 Å². The van der Waals surface area contributed by atoms with Crippen molar-refractivity contribution >= 4 is 39.8 Å². The summed E-state index contributed by atoms with van der Waals surface area (Å²) >= 11 is 5.43. The zero-order valence-electron chi connectivity index (χ0n) is 16.8. The number of hydrogen-bond donors (Lipinski definition) is 3. The van der Waals surface area contributed by atoms with E-state index in [0.29, 0.717) is 18.1 Å². The zero-order chi connectivity index (χ0) is 21.5. The standard InChI is InChI=1S/C22H23N5O2S/c1-3-27(14-23)21(28)20(12-15-13-24-19-7-5-4-6-18(15)19)26-22(30)25-16-8-10-17(29-2)11-9-16/h4-11,13,20,24H,3,12H2,1-2H3,(H2,25,26,30). The number of ether oxygens (including phenoxy) is 1. The number of anilines is 1. The van der Waals surface area contributed by atoms with Crippen LogP contribution in [-0.4, -0.2) is 40.6 Å². The number of methoxy groups -OCH3 is 1. The van der Waals surface area contributed by atoms with Crippen molar-refractivity contribution in [1.29, 1.82) is 5.26 Å². The maximum atomic E-state index is 13.0. The van der Waals surface area contributed by atoms with E-state index < -0.39 is 6.04 Å². The number of benzene rings is 2. The first-order chi connectivity index (χ1) is 14.5. The Hall–Kier alpha value is -3.57. The van der Waals surface area contributed by atoms with Crippen LogP contribution >= 0.6 is 12.2 Å². The number of aromatic amines is 1. The number of nitrogens with zero attached hydrogens (tertiary/aromatic N) is 2. The number of hydrogen-bond acceptors (Lipinski definition) is 4. The van der Waals surface area contributed by atoms with E-state index >= 15 is 0 Å². The van der Waals surface area contributed by atoms with E-state index in [2.05, 4.69) is 15.6 Å². The van der Waals surface area contributed by atoms with Crippen LogP contribution in [0.5, 0.6) is 5.75 Å². The fourth-order valence-electron chi connectivity index (χ4n) is 3.18. The molecule has 154 valence electrons. The van der Waals surface area contributed by atoms with Gasteiger partial charge in [0, 0.05) is 35.8 Å². The summed E-state index contributed by atoms with van der Waals surface area (Å²) in [6.07, 6.45) is 4.21. The summed E-state index contributed by atoms with van der Waals surface area (Å²) in [5.41, 5.74) is 2.72. The van der Waals surface area contributed by atoms with E-state index in [1.807, 2.05) is 60.9 Å². The lowest BCUT2D eigenvalue weighted by atomic mass is 10.0. The van der Waals surface area contributed by atoms with E-state index in [9.17, 15) is 10.1 Å². The molecule has 1 heterocycles. The van der Waals surface area contributed by atoms with Crippen molar-refractivity contribution < 1.29 is 9.53 Å². The molecule has 0 aliphatic heterocycles. The molecule has 1 atom stereocenters. The summed E-state index contributed by atoms with van der Waals surface area (Å²) < 4.78 is 5.16. The molecule has 0 saturated heterocycles. The van der Waals surface area contributed by atoms with Gasteiger partial charge in [-0.3, -0.25) is 4.79 Å². The van der Waals surface area contributed by atoms with Gasteiger partial charge in [0.2, 0.25) is 0 Å². The summed E-state index contributed by atoms with van der Waals surface area (Å²) in [7, 11) is 1.60. The van der Waals surface area contributed by atoms with Gasteiger partial charge in [-0.15, -0.1) is 0 Å². The fourth-order valence-corrected chi connectivity index (χ4v) is 3.44. The highest BCUT2D eigenvalue weighted by molar-refractivity contribution is 7.80. The molecule has 1 aromatic heterocycles. The molecule has 1 unspecified atom stereocenters. The molecule has 3 N–H and O–H groups in total. The highest BCUT2D eigenvalue weighted by Gasteiger charge is 2.26. The van der Waals surface area contributed by atoms with Crippen LogP contribution in [0.15, 0.2) is 54.7 Å². The lowest BCUT2D eigenvalue weighted by Gasteiger charge is -2.23. The monoisotopic (exact) mass is 421 g/mol. The second kappa shape index (κ2) is 9.76. The lowest BCUT2D eigenvalue weighted by molar-refractivity contribution is -0.129. The minimum absolute atomic E-state index is 0.292. The topological polar surface area (TPSA) is 93.2 Å². The molecule has 7 nitrogen and oxygen atoms in total. The van der Waals surface area contributed by atoms with Crippen molar-refractivity contribution in [3.8, 4) is 11.9 Å². The molecule has 1 amide bonds. The minimum atomic E-state index is -0.693. The predicted octanol–water partition coefficient (Wildman–Crippen LogP) is 3.40. The molecule has 0 fully saturated rings. The molecule has 2 aromatic carbocycles. The van der Waals surface area contributed by atoms with Crippen molar-refractivity contribution in [2.75, 3.05) is 19.0 Å². The molecule has 0 saturated carbocycles. The number of nitrogens with one attached hydrogen (secondary N) is 3. The average Bonchev–Trinajstić information content (AvgIpc) is 3.17. The third-order valence-electron chi connectivity index (χ3n) is 4.75. The molecule has 8 heteroatoms. The molecule has 30 heavy (non-hydrogen) atoms. The lowest BCUT2D eigenvalue weighted by Crippen LogP contribution is -2.49. The Kier molecular flexibility index (Phi) is 6.88. The molecule has 0 aliphatic carbocycles. The summed E-state index contributed by atoms with van der Waals surface area (Å²) in [5, 5.41) is 16.8. The van der Waals surface area contributed by atoms with Gasteiger partial charge < -0.3 is 20.4 Å². The molecule has 0 aliphatic rings. The smallest absolute Gasteiger partial charge is 0.258 e. The number of amides is 1. The quantitative estimate of drug-likeness (QED) is 0.308. The van der Waals surface area contributed by atoms with Gasteiger partial charge in [0.25, 0.3) is 5.91 Å². The first-order valence-electron chi connectivity index (χ1n) is 9.53. The Morgan fingerprint density at radius 3 is 2.67 bits per heavy atom. The Balaban J connectivity index is 1.79. The third kappa shape index (κ3) is 4.88. The molecule has 0 spiro atoms. The van der Waals surface area contributed by atoms with Crippen LogP contribution in [-0.2, 0) is 11.2 Å². The minimum Gasteiger partial charge on any atom is -0.497 e. The maximum Gasteiger partial charge on any atom is 0.258 e. The van der Waals surface area contributed by atoms with Crippen LogP contribution in [0.2, 0.25) is 0 Å². The van der Waals surface area contributed by atoms with Gasteiger partial charge in [-0.05, 0) is 55.0 Å². The van der Waals surface area contributed by atoms with Crippen molar-refractivity contribution in [2.45, 2.75) is 19.4 Å². The fraction of sp³-hybridized carbons (Fsp3) is 0.227. The molecule has 3 rings (SSSR count). The van der Waals surface area contributed by atoms with Crippen LogP contribution in [0.1, 0.15) is 12.5 Å².